The second-order valence-corrected chi connectivity index (χ2v) is 14.9. The smallest absolute Gasteiger partial charge is 0.123 e. The molecule has 1 aliphatic carbocycles. The van der Waals surface area contributed by atoms with Crippen molar-refractivity contribution in [1.82, 2.24) is 0 Å². The maximum Gasteiger partial charge on any atom is 0.123 e. The molecule has 0 unspecified atom stereocenters. The van der Waals surface area contributed by atoms with Crippen molar-refractivity contribution in [3.05, 3.63) is 168 Å². The fourth-order valence-electron chi connectivity index (χ4n) is 8.15. The highest BCUT2D eigenvalue weighted by atomic mass is 16.5. The average molecular weight is 650 g/mol. The minimum atomic E-state index is -0.240. The molecule has 0 spiro atoms. The monoisotopic (exact) mass is 649 g/mol. The number of benzene rings is 7. The van der Waals surface area contributed by atoms with E-state index in [4.69, 9.17) is 4.74 Å². The second kappa shape index (κ2) is 12.1. The van der Waals surface area contributed by atoms with Crippen molar-refractivity contribution in [2.45, 2.75) is 45.4 Å². The molecule has 0 atom stereocenters. The Balaban J connectivity index is 1.40. The van der Waals surface area contributed by atoms with Crippen LogP contribution in [0.25, 0.3) is 44.2 Å². The largest absolute Gasteiger partial charge is 0.496 e. The minimum Gasteiger partial charge on any atom is -0.496 e. The first kappa shape index (κ1) is 31.7. The first-order chi connectivity index (χ1) is 24.2. The quantitative estimate of drug-likeness (QED) is 0.178. The molecular weight excluding hydrogens is 607 g/mol. The predicted octanol–water partition coefficient (Wildman–Crippen LogP) is 13.3. The Morgan fingerprint density at radius 3 is 1.84 bits per heavy atom. The molecule has 0 amide bonds. The van der Waals surface area contributed by atoms with Crippen molar-refractivity contribution in [2.75, 3.05) is 12.0 Å². The van der Waals surface area contributed by atoms with E-state index < -0.39 is 0 Å². The van der Waals surface area contributed by atoms with E-state index in [-0.39, 0.29) is 10.8 Å². The normalized spacial score (nSPS) is 13.2. The average Bonchev–Trinajstić information content (AvgIpc) is 3.37. The number of hydrogen-bond acceptors (Lipinski definition) is 2. The SMILES string of the molecule is COc1cccc2c1C(C)(C)c1cc(N(c3ccccc3-c3ccccc3)c3ccccc3-c3ccc(C(C)(C)C)c4ccccc34)ccc1-2. The van der Waals surface area contributed by atoms with Gasteiger partial charge in [0.25, 0.3) is 0 Å². The van der Waals surface area contributed by atoms with Gasteiger partial charge in [0, 0.05) is 27.8 Å². The van der Waals surface area contributed by atoms with Crippen molar-refractivity contribution in [3.63, 3.8) is 0 Å². The molecule has 0 fully saturated rings. The lowest BCUT2D eigenvalue weighted by Gasteiger charge is -2.32. The Hall–Kier alpha value is -5.60. The van der Waals surface area contributed by atoms with Gasteiger partial charge < -0.3 is 9.64 Å². The number of methoxy groups -OCH3 is 1. The summed E-state index contributed by atoms with van der Waals surface area (Å²) in [6.45, 7) is 11.5. The number of para-hydroxylation sites is 2. The van der Waals surface area contributed by atoms with E-state index in [1.165, 1.54) is 60.8 Å². The zero-order valence-corrected chi connectivity index (χ0v) is 29.8. The van der Waals surface area contributed by atoms with E-state index in [2.05, 4.69) is 191 Å². The molecule has 1 aliphatic rings. The summed E-state index contributed by atoms with van der Waals surface area (Å²) >= 11 is 0. The van der Waals surface area contributed by atoms with Crippen molar-refractivity contribution in [3.8, 4) is 39.1 Å². The molecule has 8 rings (SSSR count). The van der Waals surface area contributed by atoms with Crippen LogP contribution in [0.4, 0.5) is 17.1 Å². The Bertz CT molecular complexity index is 2380. The molecule has 0 bridgehead atoms. The maximum absolute atomic E-state index is 5.92. The number of hydrogen-bond donors (Lipinski definition) is 0. The third kappa shape index (κ3) is 5.10. The van der Waals surface area contributed by atoms with Crippen LogP contribution in [-0.4, -0.2) is 7.11 Å². The summed E-state index contributed by atoms with van der Waals surface area (Å²) in [5, 5.41) is 2.57. The fourth-order valence-corrected chi connectivity index (χ4v) is 8.15. The second-order valence-electron chi connectivity index (χ2n) is 14.9. The van der Waals surface area contributed by atoms with Crippen LogP contribution in [0, 0.1) is 0 Å². The summed E-state index contributed by atoms with van der Waals surface area (Å²) < 4.78 is 5.92. The summed E-state index contributed by atoms with van der Waals surface area (Å²) in [5.41, 5.74) is 14.4. The Morgan fingerprint density at radius 2 is 1.12 bits per heavy atom. The van der Waals surface area contributed by atoms with Crippen LogP contribution in [-0.2, 0) is 10.8 Å². The lowest BCUT2D eigenvalue weighted by atomic mass is 9.81. The fraction of sp³-hybridized carbons (Fsp3) is 0.167. The number of anilines is 3. The predicted molar refractivity (Wildman–Crippen MR) is 212 cm³/mol. The van der Waals surface area contributed by atoms with Crippen LogP contribution in [0.3, 0.4) is 0 Å². The summed E-state index contributed by atoms with van der Waals surface area (Å²) in [6.07, 6.45) is 0. The van der Waals surface area contributed by atoms with Crippen LogP contribution in [0.15, 0.2) is 152 Å². The molecule has 0 radical (unpaired) electrons. The van der Waals surface area contributed by atoms with Crippen LogP contribution in [0.5, 0.6) is 5.75 Å². The molecule has 7 aromatic carbocycles. The highest BCUT2D eigenvalue weighted by Crippen LogP contribution is 2.54. The molecule has 0 N–H and O–H groups in total. The van der Waals surface area contributed by atoms with Gasteiger partial charge in [0.1, 0.15) is 5.75 Å². The Labute approximate surface area is 296 Å². The molecule has 0 aromatic heterocycles. The maximum atomic E-state index is 5.92. The van der Waals surface area contributed by atoms with Gasteiger partial charge in [-0.15, -0.1) is 0 Å². The zero-order valence-electron chi connectivity index (χ0n) is 29.8. The molecule has 0 saturated carbocycles. The van der Waals surface area contributed by atoms with Crippen LogP contribution in [0.2, 0.25) is 0 Å². The molecular formula is C48H43NO. The molecule has 0 saturated heterocycles. The Kier molecular flexibility index (Phi) is 7.64. The van der Waals surface area contributed by atoms with Gasteiger partial charge in [0.15, 0.2) is 0 Å². The molecule has 0 aliphatic heterocycles. The standard InChI is InChI=1S/C48H43NO/c1-47(2,3)41-30-29-36(35-20-10-11-21-37(35)41)39-22-13-15-25-44(39)49(43-24-14-12-19-34(43)32-17-8-7-9-18-32)33-27-28-38-40-23-16-26-45(50-6)46(40)48(4,5)42(38)31-33/h7-31H,1-6H3. The van der Waals surface area contributed by atoms with Crippen LogP contribution in [0.1, 0.15) is 51.3 Å². The van der Waals surface area contributed by atoms with E-state index in [1.807, 2.05) is 0 Å². The third-order valence-corrected chi connectivity index (χ3v) is 10.5. The number of ether oxygens (including phenoxy) is 1. The van der Waals surface area contributed by atoms with Gasteiger partial charge in [0.05, 0.1) is 18.5 Å². The first-order valence-corrected chi connectivity index (χ1v) is 17.6. The summed E-state index contributed by atoms with van der Waals surface area (Å²) in [5.74, 6) is 0.937. The van der Waals surface area contributed by atoms with Crippen molar-refractivity contribution < 1.29 is 4.74 Å². The Morgan fingerprint density at radius 1 is 0.520 bits per heavy atom. The van der Waals surface area contributed by atoms with Gasteiger partial charge in [0.2, 0.25) is 0 Å². The molecule has 2 heteroatoms. The van der Waals surface area contributed by atoms with Gasteiger partial charge in [-0.25, -0.2) is 0 Å². The van der Waals surface area contributed by atoms with Crippen molar-refractivity contribution in [1.29, 1.82) is 0 Å². The van der Waals surface area contributed by atoms with Gasteiger partial charge in [-0.2, -0.15) is 0 Å². The molecule has 7 aromatic rings. The lowest BCUT2D eigenvalue weighted by Crippen LogP contribution is -2.18. The van der Waals surface area contributed by atoms with E-state index in [0.29, 0.717) is 0 Å². The highest BCUT2D eigenvalue weighted by Gasteiger charge is 2.38. The van der Waals surface area contributed by atoms with Gasteiger partial charge in [-0.1, -0.05) is 156 Å². The van der Waals surface area contributed by atoms with Crippen molar-refractivity contribution in [2.24, 2.45) is 0 Å². The topological polar surface area (TPSA) is 12.5 Å². The molecule has 246 valence electrons. The highest BCUT2D eigenvalue weighted by molar-refractivity contribution is 6.04. The first-order valence-electron chi connectivity index (χ1n) is 17.6. The van der Waals surface area contributed by atoms with Gasteiger partial charge in [-0.05, 0) is 79.9 Å². The lowest BCUT2D eigenvalue weighted by molar-refractivity contribution is 0.403. The number of rotatable bonds is 6. The number of fused-ring (bicyclic) bond motifs is 4. The van der Waals surface area contributed by atoms with Crippen LogP contribution < -0.4 is 9.64 Å². The van der Waals surface area contributed by atoms with E-state index in [0.717, 1.165) is 22.8 Å². The van der Waals surface area contributed by atoms with E-state index in [9.17, 15) is 0 Å². The third-order valence-electron chi connectivity index (χ3n) is 10.5. The minimum absolute atomic E-state index is 0.0236. The summed E-state index contributed by atoms with van der Waals surface area (Å²) in [7, 11) is 1.77. The molecule has 0 heterocycles. The zero-order chi connectivity index (χ0) is 34.6. The van der Waals surface area contributed by atoms with Gasteiger partial charge in [-0.3, -0.25) is 0 Å². The summed E-state index contributed by atoms with van der Waals surface area (Å²) in [6, 6.07) is 55.4. The van der Waals surface area contributed by atoms with Crippen LogP contribution >= 0.6 is 0 Å². The number of nitrogens with zero attached hydrogens (tertiary/aromatic N) is 1. The molecule has 2 nitrogen and oxygen atoms in total. The van der Waals surface area contributed by atoms with E-state index in [1.54, 1.807) is 7.11 Å². The van der Waals surface area contributed by atoms with E-state index >= 15 is 0 Å². The van der Waals surface area contributed by atoms with Crippen molar-refractivity contribution >= 4 is 27.8 Å². The van der Waals surface area contributed by atoms with Gasteiger partial charge >= 0.3 is 0 Å². The molecule has 50 heavy (non-hydrogen) atoms. The summed E-state index contributed by atoms with van der Waals surface area (Å²) in [4.78, 5) is 2.47.